The zero-order valence-electron chi connectivity index (χ0n) is 19.0. The topological polar surface area (TPSA) is 79.3 Å². The predicted molar refractivity (Wildman–Crippen MR) is 123 cm³/mol. The van der Waals surface area contributed by atoms with Crippen molar-refractivity contribution in [3.8, 4) is 11.5 Å². The van der Waals surface area contributed by atoms with Crippen LogP contribution < -0.4 is 9.47 Å². The van der Waals surface area contributed by atoms with E-state index in [0.717, 1.165) is 5.56 Å². The molecule has 1 atom stereocenters. The average Bonchev–Trinajstić information content (AvgIpc) is 3.03. The van der Waals surface area contributed by atoms with E-state index in [9.17, 15) is 14.7 Å². The maximum atomic E-state index is 13.0. The molecule has 2 aromatic rings. The number of aliphatic hydroxyl groups is 1. The molecule has 3 rings (SSSR count). The molecule has 7 heteroatoms. The molecule has 1 saturated heterocycles. The first-order chi connectivity index (χ1) is 15.4. The fourth-order valence-corrected chi connectivity index (χ4v) is 3.71. The molecular formula is C25H30N2O5. The van der Waals surface area contributed by atoms with E-state index in [2.05, 4.69) is 0 Å². The third-order valence-corrected chi connectivity index (χ3v) is 5.27. The van der Waals surface area contributed by atoms with Crippen molar-refractivity contribution in [2.45, 2.75) is 19.9 Å². The highest BCUT2D eigenvalue weighted by atomic mass is 16.5. The first kappa shape index (κ1) is 23.3. The number of rotatable bonds is 9. The van der Waals surface area contributed by atoms with Gasteiger partial charge < -0.3 is 24.4 Å². The molecule has 0 bridgehead atoms. The van der Waals surface area contributed by atoms with E-state index in [4.69, 9.17) is 9.47 Å². The van der Waals surface area contributed by atoms with Crippen LogP contribution in [-0.4, -0.2) is 67.0 Å². The number of ketones is 1. The Kier molecular flexibility index (Phi) is 7.53. The normalized spacial score (nSPS) is 17.8. The van der Waals surface area contributed by atoms with Crippen LogP contribution in [0.2, 0.25) is 0 Å². The average molecular weight is 439 g/mol. The number of ether oxygens (including phenoxy) is 2. The Bertz CT molecular complexity index is 980. The van der Waals surface area contributed by atoms with Crippen LogP contribution in [0.25, 0.3) is 5.76 Å². The summed E-state index contributed by atoms with van der Waals surface area (Å²) < 4.78 is 11.0. The van der Waals surface area contributed by atoms with Crippen molar-refractivity contribution >= 4 is 17.4 Å². The summed E-state index contributed by atoms with van der Waals surface area (Å²) in [6, 6.07) is 13.4. The largest absolute Gasteiger partial charge is 0.507 e. The minimum atomic E-state index is -0.686. The number of likely N-dealkylation sites (N-methyl/N-ethyl adjacent to an activating group) is 1. The van der Waals surface area contributed by atoms with Gasteiger partial charge in [0.05, 0.1) is 24.8 Å². The van der Waals surface area contributed by atoms with E-state index in [-0.39, 0.29) is 11.3 Å². The highest BCUT2D eigenvalue weighted by Crippen LogP contribution is 2.39. The molecule has 0 aliphatic carbocycles. The summed E-state index contributed by atoms with van der Waals surface area (Å²) in [5.41, 5.74) is 1.27. The molecule has 1 heterocycles. The fraction of sp³-hybridized carbons (Fsp3) is 0.360. The Labute approximate surface area is 188 Å². The lowest BCUT2D eigenvalue weighted by Crippen LogP contribution is -2.35. The summed E-state index contributed by atoms with van der Waals surface area (Å²) in [5, 5.41) is 11.1. The summed E-state index contributed by atoms with van der Waals surface area (Å²) in [7, 11) is 3.81. The highest BCUT2D eigenvalue weighted by molar-refractivity contribution is 6.46. The van der Waals surface area contributed by atoms with E-state index >= 15 is 0 Å². The van der Waals surface area contributed by atoms with Crippen molar-refractivity contribution < 1.29 is 24.2 Å². The summed E-state index contributed by atoms with van der Waals surface area (Å²) in [6.45, 7) is 5.80. The monoisotopic (exact) mass is 438 g/mol. The molecule has 1 aliphatic heterocycles. The van der Waals surface area contributed by atoms with Crippen LogP contribution in [-0.2, 0) is 9.59 Å². The van der Waals surface area contributed by atoms with Crippen molar-refractivity contribution in [1.29, 1.82) is 0 Å². The van der Waals surface area contributed by atoms with E-state index < -0.39 is 17.7 Å². The molecule has 0 aromatic heterocycles. The molecule has 32 heavy (non-hydrogen) atoms. The van der Waals surface area contributed by atoms with Crippen molar-refractivity contribution in [3.63, 3.8) is 0 Å². The lowest BCUT2D eigenvalue weighted by Gasteiger charge is -2.26. The summed E-state index contributed by atoms with van der Waals surface area (Å²) in [6.07, 6.45) is 0. The Hall–Kier alpha value is -3.32. The standard InChI is InChI=1S/C25H30N2O5/c1-5-31-19-11-7-17(8-12-19)22-21(24(29)25(30)27(22)16-15-26(3)4)23(28)18-9-13-20(14-10-18)32-6-2/h7-14,22,28H,5-6,15-16H2,1-4H3/t22-/m1/s1. The third-order valence-electron chi connectivity index (χ3n) is 5.27. The van der Waals surface area contributed by atoms with Gasteiger partial charge in [0.15, 0.2) is 0 Å². The van der Waals surface area contributed by atoms with Crippen molar-refractivity contribution in [1.82, 2.24) is 9.80 Å². The van der Waals surface area contributed by atoms with Gasteiger partial charge in [-0.15, -0.1) is 0 Å². The maximum Gasteiger partial charge on any atom is 0.295 e. The molecule has 0 radical (unpaired) electrons. The van der Waals surface area contributed by atoms with Crippen LogP contribution in [0.3, 0.4) is 0 Å². The van der Waals surface area contributed by atoms with E-state index in [1.165, 1.54) is 4.90 Å². The molecule has 1 amide bonds. The number of carbonyl (C=O) groups is 2. The molecule has 2 aromatic carbocycles. The molecular weight excluding hydrogens is 408 g/mol. The molecule has 1 N–H and O–H groups in total. The molecule has 1 aliphatic rings. The number of aliphatic hydroxyl groups excluding tert-OH is 1. The lowest BCUT2D eigenvalue weighted by atomic mass is 9.95. The quantitative estimate of drug-likeness (QED) is 0.367. The molecule has 7 nitrogen and oxygen atoms in total. The minimum absolute atomic E-state index is 0.0853. The first-order valence-corrected chi connectivity index (χ1v) is 10.8. The summed E-state index contributed by atoms with van der Waals surface area (Å²) >= 11 is 0. The number of hydrogen-bond acceptors (Lipinski definition) is 6. The van der Waals surface area contributed by atoms with Crippen LogP contribution in [0.5, 0.6) is 11.5 Å². The van der Waals surface area contributed by atoms with Gasteiger partial charge in [-0.3, -0.25) is 9.59 Å². The second-order valence-electron chi connectivity index (χ2n) is 7.76. The lowest BCUT2D eigenvalue weighted by molar-refractivity contribution is -0.140. The molecule has 170 valence electrons. The van der Waals surface area contributed by atoms with Crippen LogP contribution in [0.1, 0.15) is 31.0 Å². The highest BCUT2D eigenvalue weighted by Gasteiger charge is 2.45. The molecule has 0 unspecified atom stereocenters. The zero-order valence-corrected chi connectivity index (χ0v) is 19.0. The Morgan fingerprint density at radius 3 is 1.97 bits per heavy atom. The SMILES string of the molecule is CCOc1ccc(C(O)=C2C(=O)C(=O)N(CCN(C)C)[C@@H]2c2ccc(OCC)cc2)cc1. The van der Waals surface area contributed by atoms with Crippen molar-refractivity contribution in [2.24, 2.45) is 0 Å². The molecule has 1 fully saturated rings. The van der Waals surface area contributed by atoms with Crippen LogP contribution >= 0.6 is 0 Å². The number of likely N-dealkylation sites (tertiary alicyclic amines) is 1. The van der Waals surface area contributed by atoms with E-state index in [0.29, 0.717) is 43.4 Å². The number of hydrogen-bond donors (Lipinski definition) is 1. The Morgan fingerprint density at radius 1 is 0.938 bits per heavy atom. The second kappa shape index (κ2) is 10.3. The van der Waals surface area contributed by atoms with Gasteiger partial charge in [-0.2, -0.15) is 0 Å². The van der Waals surface area contributed by atoms with Crippen molar-refractivity contribution in [3.05, 3.63) is 65.2 Å². The number of amides is 1. The molecule has 0 saturated carbocycles. The number of benzene rings is 2. The second-order valence-corrected chi connectivity index (χ2v) is 7.76. The Balaban J connectivity index is 2.06. The number of Topliss-reactive ketones (excluding diaryl/α,β-unsaturated/α-hetero) is 1. The third kappa shape index (κ3) is 4.94. The van der Waals surface area contributed by atoms with Gasteiger partial charge in [-0.05, 0) is 69.9 Å². The van der Waals surface area contributed by atoms with Gasteiger partial charge in [0.2, 0.25) is 0 Å². The van der Waals surface area contributed by atoms with Gasteiger partial charge in [0.1, 0.15) is 17.3 Å². The van der Waals surface area contributed by atoms with Crippen LogP contribution in [0.15, 0.2) is 54.1 Å². The summed E-state index contributed by atoms with van der Waals surface area (Å²) in [5.74, 6) is -0.128. The minimum Gasteiger partial charge on any atom is -0.507 e. The zero-order chi connectivity index (χ0) is 23.3. The number of nitrogens with zero attached hydrogens (tertiary/aromatic N) is 2. The van der Waals surface area contributed by atoms with Gasteiger partial charge in [0, 0.05) is 18.7 Å². The molecule has 0 spiro atoms. The van der Waals surface area contributed by atoms with Crippen LogP contribution in [0, 0.1) is 0 Å². The van der Waals surface area contributed by atoms with Gasteiger partial charge >= 0.3 is 0 Å². The number of carbonyl (C=O) groups excluding carboxylic acids is 2. The Morgan fingerprint density at radius 2 is 1.47 bits per heavy atom. The van der Waals surface area contributed by atoms with E-state index in [1.807, 2.05) is 57.1 Å². The van der Waals surface area contributed by atoms with E-state index in [1.54, 1.807) is 24.3 Å². The predicted octanol–water partition coefficient (Wildman–Crippen LogP) is 3.47. The van der Waals surface area contributed by atoms with Crippen molar-refractivity contribution in [2.75, 3.05) is 40.4 Å². The van der Waals surface area contributed by atoms with Crippen LogP contribution in [0.4, 0.5) is 0 Å². The fourth-order valence-electron chi connectivity index (χ4n) is 3.71. The van der Waals surface area contributed by atoms with Gasteiger partial charge in [-0.25, -0.2) is 0 Å². The smallest absolute Gasteiger partial charge is 0.295 e. The maximum absolute atomic E-state index is 13.0. The first-order valence-electron chi connectivity index (χ1n) is 10.8. The van der Waals surface area contributed by atoms with Gasteiger partial charge in [0.25, 0.3) is 11.7 Å². The van der Waals surface area contributed by atoms with Gasteiger partial charge in [-0.1, -0.05) is 12.1 Å². The summed E-state index contributed by atoms with van der Waals surface area (Å²) in [4.78, 5) is 29.4.